The SMILES string of the molecule is CC(=O)SCCN(CCc1ccccc1)C(=O)N[C@@H](Cc1ccc(O)cc1)C(=O)NCCN(C)C. The van der Waals surface area contributed by atoms with Gasteiger partial charge in [0.1, 0.15) is 11.8 Å². The molecule has 2 aromatic carbocycles. The number of carbonyl (C=O) groups is 3. The summed E-state index contributed by atoms with van der Waals surface area (Å²) in [6, 6.07) is 15.3. The van der Waals surface area contributed by atoms with E-state index in [1.807, 2.05) is 49.3 Å². The molecule has 0 radical (unpaired) electrons. The van der Waals surface area contributed by atoms with Crippen LogP contribution in [0.5, 0.6) is 5.75 Å². The van der Waals surface area contributed by atoms with Gasteiger partial charge in [-0.2, -0.15) is 0 Å². The Hall–Kier alpha value is -3.04. The maximum absolute atomic E-state index is 13.3. The molecular weight excluding hydrogens is 464 g/mol. The number of hydrogen-bond acceptors (Lipinski definition) is 6. The lowest BCUT2D eigenvalue weighted by Crippen LogP contribution is -2.53. The Balaban J connectivity index is 2.11. The third-order valence-electron chi connectivity index (χ3n) is 5.32. The fourth-order valence-electron chi connectivity index (χ4n) is 3.37. The van der Waals surface area contributed by atoms with Crippen LogP contribution in [-0.2, 0) is 22.4 Å². The van der Waals surface area contributed by atoms with Crippen LogP contribution in [0.1, 0.15) is 18.1 Å². The lowest BCUT2D eigenvalue weighted by molar-refractivity contribution is -0.123. The highest BCUT2D eigenvalue weighted by Gasteiger charge is 2.24. The van der Waals surface area contributed by atoms with Crippen molar-refractivity contribution in [2.45, 2.75) is 25.8 Å². The molecule has 0 aliphatic carbocycles. The van der Waals surface area contributed by atoms with Crippen molar-refractivity contribution >= 4 is 28.8 Å². The molecule has 2 aromatic rings. The molecule has 0 fully saturated rings. The number of hydrogen-bond donors (Lipinski definition) is 3. The molecule has 0 spiro atoms. The van der Waals surface area contributed by atoms with E-state index in [0.29, 0.717) is 38.4 Å². The quantitative estimate of drug-likeness (QED) is 0.391. The number of amides is 3. The number of nitrogens with one attached hydrogen (secondary N) is 2. The molecule has 190 valence electrons. The average Bonchev–Trinajstić information content (AvgIpc) is 2.82. The Kier molecular flexibility index (Phi) is 12.1. The number of rotatable bonds is 13. The Labute approximate surface area is 212 Å². The van der Waals surface area contributed by atoms with Crippen LogP contribution in [0, 0.1) is 0 Å². The molecule has 0 heterocycles. The van der Waals surface area contributed by atoms with Gasteiger partial charge in [0.05, 0.1) is 0 Å². The molecule has 1 atom stereocenters. The number of phenolic OH excluding ortho intramolecular Hbond substituents is 1. The zero-order valence-electron chi connectivity index (χ0n) is 20.7. The van der Waals surface area contributed by atoms with Gasteiger partial charge < -0.3 is 25.5 Å². The van der Waals surface area contributed by atoms with Gasteiger partial charge in [-0.1, -0.05) is 54.2 Å². The summed E-state index contributed by atoms with van der Waals surface area (Å²) < 4.78 is 0. The molecule has 9 heteroatoms. The minimum absolute atomic E-state index is 0.00102. The largest absolute Gasteiger partial charge is 0.508 e. The lowest BCUT2D eigenvalue weighted by Gasteiger charge is -2.26. The van der Waals surface area contributed by atoms with E-state index in [9.17, 15) is 19.5 Å². The number of thioether (sulfide) groups is 1. The number of benzene rings is 2. The number of urea groups is 1. The summed E-state index contributed by atoms with van der Waals surface area (Å²) in [7, 11) is 3.84. The monoisotopic (exact) mass is 500 g/mol. The molecule has 0 aliphatic rings. The van der Waals surface area contributed by atoms with E-state index in [1.165, 1.54) is 18.7 Å². The van der Waals surface area contributed by atoms with Crippen molar-refractivity contribution in [1.29, 1.82) is 0 Å². The minimum atomic E-state index is -0.783. The zero-order valence-corrected chi connectivity index (χ0v) is 21.5. The number of carbonyl (C=O) groups excluding carboxylic acids is 3. The van der Waals surface area contributed by atoms with Gasteiger partial charge in [0.2, 0.25) is 5.91 Å². The second-order valence-electron chi connectivity index (χ2n) is 8.53. The molecule has 8 nitrogen and oxygen atoms in total. The number of likely N-dealkylation sites (N-methyl/N-ethyl adjacent to an activating group) is 1. The van der Waals surface area contributed by atoms with Crippen molar-refractivity contribution in [2.75, 3.05) is 46.0 Å². The first-order chi connectivity index (χ1) is 16.7. The molecule has 3 amide bonds. The second-order valence-corrected chi connectivity index (χ2v) is 9.80. The standard InChI is InChI=1S/C26H36N4O4S/c1-20(31)35-18-17-30(15-13-21-7-5-4-6-8-21)26(34)28-24(25(33)27-14-16-29(2)3)19-22-9-11-23(32)12-10-22/h4-12,24,32H,13-19H2,1-3H3,(H,27,33)(H,28,34)/t24-/m0/s1. The Morgan fingerprint density at radius 3 is 2.26 bits per heavy atom. The van der Waals surface area contributed by atoms with Gasteiger partial charge in [0, 0.05) is 45.3 Å². The first kappa shape index (κ1) is 28.2. The van der Waals surface area contributed by atoms with Gasteiger partial charge >= 0.3 is 6.03 Å². The van der Waals surface area contributed by atoms with Gasteiger partial charge in [-0.25, -0.2) is 4.79 Å². The summed E-state index contributed by atoms with van der Waals surface area (Å²) in [5.74, 6) is 0.351. The van der Waals surface area contributed by atoms with Crippen molar-refractivity contribution < 1.29 is 19.5 Å². The molecule has 0 bridgehead atoms. The summed E-state index contributed by atoms with van der Waals surface area (Å²) >= 11 is 1.17. The van der Waals surface area contributed by atoms with E-state index < -0.39 is 6.04 Å². The average molecular weight is 501 g/mol. The Bertz CT molecular complexity index is 938. The number of aromatic hydroxyl groups is 1. The van der Waals surface area contributed by atoms with Gasteiger partial charge in [0.15, 0.2) is 5.12 Å². The normalized spacial score (nSPS) is 11.7. The van der Waals surface area contributed by atoms with E-state index in [0.717, 1.165) is 11.1 Å². The third-order valence-corrected chi connectivity index (χ3v) is 6.11. The van der Waals surface area contributed by atoms with Gasteiger partial charge in [-0.15, -0.1) is 0 Å². The number of nitrogens with zero attached hydrogens (tertiary/aromatic N) is 2. The summed E-state index contributed by atoms with van der Waals surface area (Å²) in [5, 5.41) is 15.4. The molecule has 0 aromatic heterocycles. The molecule has 2 rings (SSSR count). The van der Waals surface area contributed by atoms with Crippen molar-refractivity contribution in [3.63, 3.8) is 0 Å². The highest BCUT2D eigenvalue weighted by Crippen LogP contribution is 2.12. The highest BCUT2D eigenvalue weighted by molar-refractivity contribution is 8.13. The van der Waals surface area contributed by atoms with Crippen molar-refractivity contribution in [3.8, 4) is 5.75 Å². The van der Waals surface area contributed by atoms with E-state index in [1.54, 1.807) is 29.2 Å². The van der Waals surface area contributed by atoms with E-state index in [-0.39, 0.29) is 29.2 Å². The summed E-state index contributed by atoms with van der Waals surface area (Å²) in [4.78, 5) is 41.3. The van der Waals surface area contributed by atoms with Gasteiger partial charge in [0.25, 0.3) is 0 Å². The molecular formula is C26H36N4O4S. The predicted molar refractivity (Wildman–Crippen MR) is 141 cm³/mol. The van der Waals surface area contributed by atoms with Crippen LogP contribution in [0.2, 0.25) is 0 Å². The molecule has 0 unspecified atom stereocenters. The van der Waals surface area contributed by atoms with Gasteiger partial charge in [-0.05, 0) is 43.8 Å². The summed E-state index contributed by atoms with van der Waals surface area (Å²) in [6.07, 6.45) is 0.950. The van der Waals surface area contributed by atoms with E-state index in [2.05, 4.69) is 10.6 Å². The second kappa shape index (κ2) is 15.1. The van der Waals surface area contributed by atoms with Gasteiger partial charge in [-0.3, -0.25) is 9.59 Å². The van der Waals surface area contributed by atoms with Crippen molar-refractivity contribution in [1.82, 2.24) is 20.4 Å². The first-order valence-corrected chi connectivity index (χ1v) is 12.7. The van der Waals surface area contributed by atoms with Crippen molar-refractivity contribution in [3.05, 3.63) is 65.7 Å². The Morgan fingerprint density at radius 2 is 1.63 bits per heavy atom. The van der Waals surface area contributed by atoms with Crippen LogP contribution in [0.15, 0.2) is 54.6 Å². The molecule has 3 N–H and O–H groups in total. The topological polar surface area (TPSA) is 102 Å². The molecule has 0 saturated heterocycles. The zero-order chi connectivity index (χ0) is 25.6. The number of phenols is 1. The van der Waals surface area contributed by atoms with E-state index >= 15 is 0 Å². The third kappa shape index (κ3) is 11.3. The van der Waals surface area contributed by atoms with Crippen LogP contribution in [0.3, 0.4) is 0 Å². The van der Waals surface area contributed by atoms with Crippen LogP contribution in [0.4, 0.5) is 4.79 Å². The minimum Gasteiger partial charge on any atom is -0.508 e. The smallest absolute Gasteiger partial charge is 0.318 e. The highest BCUT2D eigenvalue weighted by atomic mass is 32.2. The van der Waals surface area contributed by atoms with Crippen LogP contribution in [-0.4, -0.2) is 84.0 Å². The maximum atomic E-state index is 13.3. The Morgan fingerprint density at radius 1 is 0.943 bits per heavy atom. The maximum Gasteiger partial charge on any atom is 0.318 e. The van der Waals surface area contributed by atoms with Crippen molar-refractivity contribution in [2.24, 2.45) is 0 Å². The predicted octanol–water partition coefficient (Wildman–Crippen LogP) is 2.52. The van der Waals surface area contributed by atoms with Crippen LogP contribution >= 0.6 is 11.8 Å². The molecule has 0 aliphatic heterocycles. The van der Waals surface area contributed by atoms with E-state index in [4.69, 9.17) is 0 Å². The molecule has 0 saturated carbocycles. The summed E-state index contributed by atoms with van der Waals surface area (Å²) in [5.41, 5.74) is 1.92. The fourth-order valence-corrected chi connectivity index (χ4v) is 3.97. The van der Waals surface area contributed by atoms with Crippen LogP contribution < -0.4 is 10.6 Å². The first-order valence-electron chi connectivity index (χ1n) is 11.7. The molecule has 35 heavy (non-hydrogen) atoms. The fraction of sp³-hybridized carbons (Fsp3) is 0.423. The van der Waals surface area contributed by atoms with Crippen LogP contribution in [0.25, 0.3) is 0 Å². The lowest BCUT2D eigenvalue weighted by atomic mass is 10.0. The summed E-state index contributed by atoms with van der Waals surface area (Å²) in [6.45, 7) is 3.49.